The fourth-order valence-corrected chi connectivity index (χ4v) is 3.65. The van der Waals surface area contributed by atoms with E-state index in [4.69, 9.17) is 11.5 Å². The van der Waals surface area contributed by atoms with Gasteiger partial charge in [-0.3, -0.25) is 4.90 Å². The lowest BCUT2D eigenvalue weighted by atomic mass is 9.87. The lowest BCUT2D eigenvalue weighted by molar-refractivity contribution is 0.305. The first kappa shape index (κ1) is 13.9. The Balaban J connectivity index is 1.85. The number of rotatable bonds is 1. The number of nitrogens with two attached hydrogens (primary N) is 2. The molecule has 1 spiro atoms. The van der Waals surface area contributed by atoms with Gasteiger partial charge in [-0.15, -0.1) is 0 Å². The lowest BCUT2D eigenvalue weighted by Crippen LogP contribution is -2.58. The molecule has 0 amide bonds. The molecule has 120 valence electrons. The summed E-state index contributed by atoms with van der Waals surface area (Å²) in [6.45, 7) is 0. The van der Waals surface area contributed by atoms with Crippen molar-refractivity contribution in [3.8, 4) is 0 Å². The molecule has 1 aromatic heterocycles. The van der Waals surface area contributed by atoms with Crippen LogP contribution in [0.3, 0.4) is 0 Å². The quantitative estimate of drug-likeness (QED) is 0.625. The Morgan fingerprint density at radius 1 is 1.09 bits per heavy atom. The van der Waals surface area contributed by atoms with Crippen LogP contribution in [0, 0.1) is 0 Å². The molecule has 1 aliphatic heterocycles. The van der Waals surface area contributed by atoms with E-state index in [0.29, 0.717) is 5.96 Å². The number of fused-ring (bicyclic) bond motifs is 1. The van der Waals surface area contributed by atoms with E-state index in [-0.39, 0.29) is 11.6 Å². The molecule has 0 saturated heterocycles. The second-order valence-electron chi connectivity index (χ2n) is 6.13. The van der Waals surface area contributed by atoms with Crippen molar-refractivity contribution in [3.63, 3.8) is 0 Å². The van der Waals surface area contributed by atoms with Gasteiger partial charge in [-0.2, -0.15) is 4.99 Å². The Morgan fingerprint density at radius 3 is 2.61 bits per heavy atom. The van der Waals surface area contributed by atoms with Crippen molar-refractivity contribution in [2.75, 3.05) is 4.90 Å². The van der Waals surface area contributed by atoms with Crippen LogP contribution in [0.5, 0.6) is 0 Å². The molecule has 1 aromatic carbocycles. The van der Waals surface area contributed by atoms with Crippen molar-refractivity contribution in [2.24, 2.45) is 21.5 Å². The number of guanidine groups is 2. The number of imidazole rings is 1. The summed E-state index contributed by atoms with van der Waals surface area (Å²) in [4.78, 5) is 27.7. The normalized spacial score (nSPS) is 20.6. The maximum absolute atomic E-state index is 11.5. The van der Waals surface area contributed by atoms with Gasteiger partial charge in [-0.25, -0.2) is 9.79 Å². The standard InChI is InChI=1S/C15H19N7O/c16-12-20-13(17)22(15(21-12)6-2-1-3-7-15)9-4-5-10-11(8-9)19-14(23)18-10/h4-5,8H,1-3,6-7H2,(H2,18,19,23)(H4,16,17,20,21). The average molecular weight is 313 g/mol. The number of hydrogen-bond acceptors (Lipinski definition) is 6. The first-order valence-corrected chi connectivity index (χ1v) is 7.79. The second kappa shape index (κ2) is 4.87. The maximum atomic E-state index is 11.5. The van der Waals surface area contributed by atoms with Crippen LogP contribution in [0.2, 0.25) is 0 Å². The van der Waals surface area contributed by atoms with Crippen molar-refractivity contribution in [2.45, 2.75) is 37.8 Å². The Morgan fingerprint density at radius 2 is 1.83 bits per heavy atom. The van der Waals surface area contributed by atoms with E-state index in [2.05, 4.69) is 20.0 Å². The number of aromatic nitrogens is 2. The molecule has 2 aromatic rings. The zero-order valence-electron chi connectivity index (χ0n) is 12.7. The predicted octanol–water partition coefficient (Wildman–Crippen LogP) is 0.966. The number of hydrogen-bond donors (Lipinski definition) is 4. The topological polar surface area (TPSA) is 129 Å². The van der Waals surface area contributed by atoms with Crippen LogP contribution in [-0.2, 0) is 0 Å². The fraction of sp³-hybridized carbons (Fsp3) is 0.400. The number of nitrogens with zero attached hydrogens (tertiary/aromatic N) is 3. The summed E-state index contributed by atoms with van der Waals surface area (Å²) in [5, 5.41) is 0. The minimum Gasteiger partial charge on any atom is -0.369 e. The van der Waals surface area contributed by atoms with E-state index in [1.165, 1.54) is 6.42 Å². The predicted molar refractivity (Wildman–Crippen MR) is 90.5 cm³/mol. The smallest absolute Gasteiger partial charge is 0.323 e. The number of benzene rings is 1. The molecule has 2 heterocycles. The molecule has 8 nitrogen and oxygen atoms in total. The second-order valence-corrected chi connectivity index (χ2v) is 6.13. The SMILES string of the molecule is NC1=NC2(CCCCC2)N(c2ccc3[nH]c(=O)[nH]c3c2)C(N)=N1. The maximum Gasteiger partial charge on any atom is 0.323 e. The monoisotopic (exact) mass is 313 g/mol. The van der Waals surface area contributed by atoms with Gasteiger partial charge in [0.1, 0.15) is 5.66 Å². The third kappa shape index (κ3) is 2.18. The Labute approximate surface area is 132 Å². The summed E-state index contributed by atoms with van der Waals surface area (Å²) in [7, 11) is 0. The molecule has 23 heavy (non-hydrogen) atoms. The molecule has 4 rings (SSSR count). The van der Waals surface area contributed by atoms with Crippen LogP contribution >= 0.6 is 0 Å². The molecule has 8 heteroatoms. The van der Waals surface area contributed by atoms with Crippen LogP contribution in [0.4, 0.5) is 5.69 Å². The van der Waals surface area contributed by atoms with E-state index >= 15 is 0 Å². The van der Waals surface area contributed by atoms with Crippen molar-refractivity contribution in [3.05, 3.63) is 28.7 Å². The van der Waals surface area contributed by atoms with Gasteiger partial charge < -0.3 is 21.4 Å². The summed E-state index contributed by atoms with van der Waals surface area (Å²) in [5.74, 6) is 0.577. The zero-order valence-corrected chi connectivity index (χ0v) is 12.7. The molecule has 2 aliphatic rings. The number of nitrogens with one attached hydrogen (secondary N) is 2. The molecule has 6 N–H and O–H groups in total. The first-order chi connectivity index (χ1) is 11.1. The molecule has 0 unspecified atom stereocenters. The number of anilines is 1. The highest BCUT2D eigenvalue weighted by Gasteiger charge is 2.42. The number of aromatic amines is 2. The van der Waals surface area contributed by atoms with E-state index in [1.807, 2.05) is 23.1 Å². The fourth-order valence-electron chi connectivity index (χ4n) is 3.65. The number of H-pyrrole nitrogens is 2. The van der Waals surface area contributed by atoms with E-state index in [1.54, 1.807) is 0 Å². The summed E-state index contributed by atoms with van der Waals surface area (Å²) in [6.07, 6.45) is 5.09. The van der Waals surface area contributed by atoms with Crippen LogP contribution < -0.4 is 22.1 Å². The third-order valence-corrected chi connectivity index (χ3v) is 4.61. The van der Waals surface area contributed by atoms with Gasteiger partial charge in [0.2, 0.25) is 11.9 Å². The third-order valence-electron chi connectivity index (χ3n) is 4.61. The van der Waals surface area contributed by atoms with Gasteiger partial charge in [0.05, 0.1) is 11.0 Å². The van der Waals surface area contributed by atoms with Gasteiger partial charge in [0.15, 0.2) is 0 Å². The highest BCUT2D eigenvalue weighted by atomic mass is 16.1. The molecule has 0 atom stereocenters. The first-order valence-electron chi connectivity index (χ1n) is 7.79. The molecule has 1 fully saturated rings. The lowest BCUT2D eigenvalue weighted by Gasteiger charge is -2.45. The van der Waals surface area contributed by atoms with Crippen LogP contribution in [0.1, 0.15) is 32.1 Å². The van der Waals surface area contributed by atoms with Gasteiger partial charge in [0.25, 0.3) is 0 Å². The Bertz CT molecular complexity index is 869. The number of aliphatic imine (C=N–C) groups is 2. The van der Waals surface area contributed by atoms with Crippen LogP contribution in [0.15, 0.2) is 33.0 Å². The van der Waals surface area contributed by atoms with E-state index in [9.17, 15) is 4.79 Å². The molecule has 1 saturated carbocycles. The van der Waals surface area contributed by atoms with Crippen LogP contribution in [-0.4, -0.2) is 27.5 Å². The highest BCUT2D eigenvalue weighted by Crippen LogP contribution is 2.39. The largest absolute Gasteiger partial charge is 0.369 e. The van der Waals surface area contributed by atoms with Crippen molar-refractivity contribution in [1.82, 2.24) is 9.97 Å². The van der Waals surface area contributed by atoms with Gasteiger partial charge in [-0.05, 0) is 43.9 Å². The summed E-state index contributed by atoms with van der Waals surface area (Å²) in [5.41, 5.74) is 13.7. The minimum absolute atomic E-state index is 0.230. The van der Waals surface area contributed by atoms with Gasteiger partial charge in [0, 0.05) is 5.69 Å². The van der Waals surface area contributed by atoms with Crippen molar-refractivity contribution < 1.29 is 0 Å². The molecule has 0 radical (unpaired) electrons. The van der Waals surface area contributed by atoms with E-state index < -0.39 is 5.66 Å². The van der Waals surface area contributed by atoms with Gasteiger partial charge >= 0.3 is 5.69 Å². The average Bonchev–Trinajstić information content (AvgIpc) is 2.86. The van der Waals surface area contributed by atoms with Crippen LogP contribution in [0.25, 0.3) is 11.0 Å². The van der Waals surface area contributed by atoms with E-state index in [0.717, 1.165) is 42.4 Å². The van der Waals surface area contributed by atoms with Crippen molar-refractivity contribution >= 4 is 28.6 Å². The molecule has 0 bridgehead atoms. The zero-order chi connectivity index (χ0) is 16.0. The Kier molecular flexibility index (Phi) is 2.93. The minimum atomic E-state index is -0.474. The Hall–Kier alpha value is -2.77. The molecular formula is C15H19N7O. The summed E-state index contributed by atoms with van der Waals surface area (Å²) >= 11 is 0. The summed E-state index contributed by atoms with van der Waals surface area (Å²) < 4.78 is 0. The summed E-state index contributed by atoms with van der Waals surface area (Å²) in [6, 6.07) is 5.67. The molecule has 1 aliphatic carbocycles. The molecular weight excluding hydrogens is 294 g/mol. The highest BCUT2D eigenvalue weighted by molar-refractivity contribution is 6.06. The van der Waals surface area contributed by atoms with Gasteiger partial charge in [-0.1, -0.05) is 6.42 Å². The van der Waals surface area contributed by atoms with Crippen molar-refractivity contribution in [1.29, 1.82) is 0 Å².